The molecule has 3 rings (SSSR count). The number of benzene rings is 2. The van der Waals surface area contributed by atoms with Crippen molar-refractivity contribution in [2.24, 2.45) is 0 Å². The Hall–Kier alpha value is -2.13. The molecule has 2 N–H and O–H groups in total. The molecule has 1 heterocycles. The molecule has 1 aromatic heterocycles. The first-order valence-corrected chi connectivity index (χ1v) is 7.45. The van der Waals surface area contributed by atoms with Crippen LogP contribution in [-0.2, 0) is 6.42 Å². The Morgan fingerprint density at radius 3 is 2.55 bits per heavy atom. The molecule has 100 valence electrons. The van der Waals surface area contributed by atoms with Crippen molar-refractivity contribution in [1.29, 1.82) is 0 Å². The van der Waals surface area contributed by atoms with Crippen LogP contribution in [0.25, 0.3) is 11.1 Å². The van der Waals surface area contributed by atoms with Crippen LogP contribution in [0.3, 0.4) is 0 Å². The fourth-order valence-electron chi connectivity index (χ4n) is 2.39. The van der Waals surface area contributed by atoms with E-state index in [1.165, 1.54) is 33.6 Å². The molecule has 0 bridgehead atoms. The van der Waals surface area contributed by atoms with Gasteiger partial charge in [-0.1, -0.05) is 48.5 Å². The average Bonchev–Trinajstić information content (AvgIpc) is 2.85. The van der Waals surface area contributed by atoms with E-state index in [1.54, 1.807) is 0 Å². The summed E-state index contributed by atoms with van der Waals surface area (Å²) in [5.74, 6) is 0. The molecule has 0 radical (unpaired) electrons. The molecule has 20 heavy (non-hydrogen) atoms. The first-order chi connectivity index (χ1) is 9.72. The summed E-state index contributed by atoms with van der Waals surface area (Å²) in [6.07, 6.45) is 0.837. The number of rotatable bonds is 3. The predicted molar refractivity (Wildman–Crippen MR) is 85.9 cm³/mol. The lowest BCUT2D eigenvalue weighted by Gasteiger charge is -2.08. The zero-order valence-electron chi connectivity index (χ0n) is 11.3. The van der Waals surface area contributed by atoms with Gasteiger partial charge in [0, 0.05) is 11.8 Å². The summed E-state index contributed by atoms with van der Waals surface area (Å²) in [7, 11) is 0. The summed E-state index contributed by atoms with van der Waals surface area (Å²) >= 11 is 1.49. The Morgan fingerprint density at radius 2 is 1.90 bits per heavy atom. The Labute approximate surface area is 122 Å². The van der Waals surface area contributed by atoms with E-state index in [2.05, 4.69) is 54.4 Å². The first kappa shape index (κ1) is 12.9. The van der Waals surface area contributed by atoms with Crippen LogP contribution in [0.2, 0.25) is 0 Å². The molecule has 0 unspecified atom stereocenters. The van der Waals surface area contributed by atoms with Crippen molar-refractivity contribution < 1.29 is 0 Å². The lowest BCUT2D eigenvalue weighted by molar-refractivity contribution is 1.11. The van der Waals surface area contributed by atoms with Gasteiger partial charge in [-0.05, 0) is 29.2 Å². The summed E-state index contributed by atoms with van der Waals surface area (Å²) < 4.78 is 0. The van der Waals surface area contributed by atoms with E-state index in [0.29, 0.717) is 5.13 Å². The van der Waals surface area contributed by atoms with Gasteiger partial charge >= 0.3 is 0 Å². The van der Waals surface area contributed by atoms with Crippen molar-refractivity contribution in [1.82, 2.24) is 4.98 Å². The van der Waals surface area contributed by atoms with Crippen LogP contribution in [0.4, 0.5) is 5.13 Å². The Balaban J connectivity index is 1.88. The summed E-state index contributed by atoms with van der Waals surface area (Å²) in [6, 6.07) is 17.1. The van der Waals surface area contributed by atoms with E-state index in [4.69, 9.17) is 5.73 Å². The molecular formula is C17H16N2S. The summed E-state index contributed by atoms with van der Waals surface area (Å²) in [4.78, 5) is 4.31. The molecule has 0 aliphatic carbocycles. The molecule has 0 atom stereocenters. The van der Waals surface area contributed by atoms with Crippen molar-refractivity contribution in [3.63, 3.8) is 0 Å². The first-order valence-electron chi connectivity index (χ1n) is 6.57. The highest BCUT2D eigenvalue weighted by atomic mass is 32.1. The molecule has 3 heteroatoms. The van der Waals surface area contributed by atoms with E-state index >= 15 is 0 Å². The molecule has 2 nitrogen and oxygen atoms in total. The molecule has 0 saturated carbocycles. The fraction of sp³-hybridized carbons (Fsp3) is 0.118. The van der Waals surface area contributed by atoms with Gasteiger partial charge in [-0.3, -0.25) is 0 Å². The third-order valence-corrected chi connectivity index (χ3v) is 4.05. The third-order valence-electron chi connectivity index (χ3n) is 3.33. The maximum Gasteiger partial charge on any atom is 0.180 e. The van der Waals surface area contributed by atoms with Gasteiger partial charge in [-0.2, -0.15) is 0 Å². The highest BCUT2D eigenvalue weighted by molar-refractivity contribution is 7.13. The zero-order chi connectivity index (χ0) is 13.9. The van der Waals surface area contributed by atoms with E-state index < -0.39 is 0 Å². The number of aromatic nitrogens is 1. The van der Waals surface area contributed by atoms with Crippen LogP contribution in [-0.4, -0.2) is 4.98 Å². The highest BCUT2D eigenvalue weighted by Crippen LogP contribution is 2.25. The normalized spacial score (nSPS) is 10.7. The number of hydrogen-bond donors (Lipinski definition) is 1. The van der Waals surface area contributed by atoms with Crippen LogP contribution in [0, 0.1) is 6.92 Å². The molecule has 0 aliphatic rings. The maximum atomic E-state index is 5.67. The molecule has 0 saturated heterocycles. The minimum absolute atomic E-state index is 0.637. The second kappa shape index (κ2) is 5.47. The number of anilines is 1. The number of hydrogen-bond acceptors (Lipinski definition) is 3. The summed E-state index contributed by atoms with van der Waals surface area (Å²) in [5.41, 5.74) is 11.8. The van der Waals surface area contributed by atoms with Gasteiger partial charge in [-0.15, -0.1) is 11.3 Å². The van der Waals surface area contributed by atoms with Gasteiger partial charge in [0.05, 0.1) is 5.69 Å². The zero-order valence-corrected chi connectivity index (χ0v) is 12.2. The molecule has 2 aromatic carbocycles. The number of nitrogens with zero attached hydrogens (tertiary/aromatic N) is 1. The van der Waals surface area contributed by atoms with Gasteiger partial charge in [0.25, 0.3) is 0 Å². The largest absolute Gasteiger partial charge is 0.375 e. The number of aryl methyl sites for hydroxylation is 1. The number of nitrogens with two attached hydrogens (primary N) is 1. The lowest BCUT2D eigenvalue weighted by Crippen LogP contribution is -1.92. The average molecular weight is 280 g/mol. The van der Waals surface area contributed by atoms with Crippen molar-refractivity contribution in [2.45, 2.75) is 13.3 Å². The quantitative estimate of drug-likeness (QED) is 0.777. The van der Waals surface area contributed by atoms with Crippen LogP contribution >= 0.6 is 11.3 Å². The number of thiazole rings is 1. The smallest absolute Gasteiger partial charge is 0.180 e. The van der Waals surface area contributed by atoms with Crippen LogP contribution < -0.4 is 5.73 Å². The van der Waals surface area contributed by atoms with Gasteiger partial charge in [0.15, 0.2) is 5.13 Å². The van der Waals surface area contributed by atoms with E-state index in [0.717, 1.165) is 12.1 Å². The fourth-order valence-corrected chi connectivity index (χ4v) is 2.95. The third kappa shape index (κ3) is 2.73. The second-order valence-electron chi connectivity index (χ2n) is 4.87. The summed E-state index contributed by atoms with van der Waals surface area (Å²) in [5, 5.41) is 2.66. The Bertz CT molecular complexity index is 717. The number of nitrogen functional groups attached to an aromatic ring is 1. The van der Waals surface area contributed by atoms with E-state index in [-0.39, 0.29) is 0 Å². The SMILES string of the molecule is Cc1cc(Cc2csc(N)n2)ccc1-c1ccccc1. The van der Waals surface area contributed by atoms with Crippen LogP contribution in [0.5, 0.6) is 0 Å². The van der Waals surface area contributed by atoms with E-state index in [1.807, 2.05) is 11.4 Å². The molecular weight excluding hydrogens is 264 g/mol. The molecule has 3 aromatic rings. The predicted octanol–water partition coefficient (Wildman–Crippen LogP) is 4.29. The van der Waals surface area contributed by atoms with Gasteiger partial charge < -0.3 is 5.73 Å². The summed E-state index contributed by atoms with van der Waals surface area (Å²) in [6.45, 7) is 2.15. The van der Waals surface area contributed by atoms with Crippen molar-refractivity contribution in [2.75, 3.05) is 5.73 Å². The maximum absolute atomic E-state index is 5.67. The monoisotopic (exact) mass is 280 g/mol. The van der Waals surface area contributed by atoms with Crippen molar-refractivity contribution in [3.05, 3.63) is 70.7 Å². The highest BCUT2D eigenvalue weighted by Gasteiger charge is 2.05. The van der Waals surface area contributed by atoms with Gasteiger partial charge in [0.1, 0.15) is 0 Å². The van der Waals surface area contributed by atoms with Gasteiger partial charge in [0.2, 0.25) is 0 Å². The van der Waals surface area contributed by atoms with Crippen LogP contribution in [0.1, 0.15) is 16.8 Å². The van der Waals surface area contributed by atoms with Crippen molar-refractivity contribution in [3.8, 4) is 11.1 Å². The van der Waals surface area contributed by atoms with Crippen LogP contribution in [0.15, 0.2) is 53.9 Å². The second-order valence-corrected chi connectivity index (χ2v) is 5.76. The molecule has 0 spiro atoms. The Morgan fingerprint density at radius 1 is 1.10 bits per heavy atom. The minimum Gasteiger partial charge on any atom is -0.375 e. The van der Waals surface area contributed by atoms with Crippen molar-refractivity contribution >= 4 is 16.5 Å². The molecule has 0 aliphatic heterocycles. The van der Waals surface area contributed by atoms with Gasteiger partial charge in [-0.25, -0.2) is 4.98 Å². The standard InChI is InChI=1S/C17H16N2S/c1-12-9-13(10-15-11-20-17(18)19-15)7-8-16(12)14-5-3-2-4-6-14/h2-9,11H,10H2,1H3,(H2,18,19). The topological polar surface area (TPSA) is 38.9 Å². The molecule has 0 amide bonds. The molecule has 0 fully saturated rings. The minimum atomic E-state index is 0.637. The van der Waals surface area contributed by atoms with E-state index in [9.17, 15) is 0 Å². The lowest BCUT2D eigenvalue weighted by atomic mass is 9.97. The Kier molecular flexibility index (Phi) is 3.52.